The molecule has 0 unspecified atom stereocenters. The van der Waals surface area contributed by atoms with Gasteiger partial charge in [-0.05, 0) is 49.9 Å². The van der Waals surface area contributed by atoms with E-state index in [-0.39, 0.29) is 17.8 Å². The highest BCUT2D eigenvalue weighted by Gasteiger charge is 2.39. The number of nitrogens with zero attached hydrogens (tertiary/aromatic N) is 4. The topological polar surface area (TPSA) is 68.9 Å². The molecule has 0 bridgehead atoms. The van der Waals surface area contributed by atoms with Gasteiger partial charge in [0.1, 0.15) is 5.75 Å². The Balaban J connectivity index is 1.71. The fourth-order valence-corrected chi connectivity index (χ4v) is 3.58. The van der Waals surface area contributed by atoms with Crippen LogP contribution in [0.15, 0.2) is 36.5 Å². The standard InChI is InChI=1S/C22H26N4O3/c1-4-28-21(27)20-15-26(22-24-10-9-16(2)25-22)14-18(20)13-17-5-7-19(8-6-17)29-12-11-23-3/h5-10,18,20H,4,11-15H2,1-2H3/t18-,20+/m1/s1. The minimum absolute atomic E-state index is 0.118. The Labute approximate surface area is 171 Å². The van der Waals surface area contributed by atoms with Crippen LogP contribution in [0.3, 0.4) is 0 Å². The Morgan fingerprint density at radius 3 is 2.76 bits per heavy atom. The summed E-state index contributed by atoms with van der Waals surface area (Å²) in [5, 5.41) is 0. The van der Waals surface area contributed by atoms with Gasteiger partial charge in [-0.25, -0.2) is 16.5 Å². The van der Waals surface area contributed by atoms with Crippen LogP contribution in [0, 0.1) is 25.3 Å². The molecule has 152 valence electrons. The summed E-state index contributed by atoms with van der Waals surface area (Å²) >= 11 is 0. The van der Waals surface area contributed by atoms with Crippen molar-refractivity contribution in [3.8, 4) is 5.75 Å². The number of anilines is 1. The molecule has 3 rings (SSSR count). The van der Waals surface area contributed by atoms with Gasteiger partial charge < -0.3 is 19.2 Å². The Bertz CT molecular complexity index is 863. The van der Waals surface area contributed by atoms with Crippen LogP contribution >= 0.6 is 0 Å². The van der Waals surface area contributed by atoms with Gasteiger partial charge in [-0.2, -0.15) is 0 Å². The lowest BCUT2D eigenvalue weighted by atomic mass is 9.90. The number of aromatic nitrogens is 2. The average Bonchev–Trinajstić information content (AvgIpc) is 3.14. The summed E-state index contributed by atoms with van der Waals surface area (Å²) in [6.07, 6.45) is 2.51. The van der Waals surface area contributed by atoms with Crippen LogP contribution in [0.5, 0.6) is 5.75 Å². The van der Waals surface area contributed by atoms with E-state index in [9.17, 15) is 4.79 Å². The molecule has 1 aromatic carbocycles. The first-order chi connectivity index (χ1) is 14.1. The third kappa shape index (κ3) is 5.44. The zero-order valence-corrected chi connectivity index (χ0v) is 16.9. The maximum absolute atomic E-state index is 12.6. The molecule has 29 heavy (non-hydrogen) atoms. The summed E-state index contributed by atoms with van der Waals surface area (Å²) in [4.78, 5) is 26.8. The van der Waals surface area contributed by atoms with E-state index in [1.807, 2.05) is 44.2 Å². The number of carbonyl (C=O) groups excluding carboxylic acids is 1. The average molecular weight is 394 g/mol. The smallest absolute Gasteiger partial charge is 0.311 e. The molecule has 0 N–H and O–H groups in total. The van der Waals surface area contributed by atoms with Crippen LogP contribution in [0.1, 0.15) is 18.2 Å². The van der Waals surface area contributed by atoms with Gasteiger partial charge in [-0.15, -0.1) is 0 Å². The van der Waals surface area contributed by atoms with Gasteiger partial charge >= 0.3 is 5.97 Å². The summed E-state index contributed by atoms with van der Waals surface area (Å²) in [6.45, 7) is 12.9. The predicted molar refractivity (Wildman–Crippen MR) is 110 cm³/mol. The number of hydrogen-bond acceptors (Lipinski definition) is 6. The summed E-state index contributed by atoms with van der Waals surface area (Å²) in [7, 11) is 0. The van der Waals surface area contributed by atoms with E-state index < -0.39 is 0 Å². The largest absolute Gasteiger partial charge is 0.486 e. The maximum Gasteiger partial charge on any atom is 0.311 e. The van der Waals surface area contributed by atoms with E-state index in [2.05, 4.69) is 19.7 Å². The van der Waals surface area contributed by atoms with Gasteiger partial charge in [0.15, 0.2) is 6.61 Å². The predicted octanol–water partition coefficient (Wildman–Crippen LogP) is 2.94. The normalized spacial score (nSPS) is 18.3. The van der Waals surface area contributed by atoms with E-state index in [1.54, 1.807) is 6.20 Å². The fourth-order valence-electron chi connectivity index (χ4n) is 3.58. The third-order valence-corrected chi connectivity index (χ3v) is 4.99. The van der Waals surface area contributed by atoms with E-state index in [0.717, 1.165) is 23.4 Å². The Morgan fingerprint density at radius 2 is 2.07 bits per heavy atom. The van der Waals surface area contributed by atoms with Crippen LogP contribution in [0.4, 0.5) is 5.95 Å². The summed E-state index contributed by atoms with van der Waals surface area (Å²) in [6, 6.07) is 9.72. The Kier molecular flexibility index (Phi) is 7.01. The molecule has 1 aliphatic rings. The second-order valence-corrected chi connectivity index (χ2v) is 7.10. The van der Waals surface area contributed by atoms with Crippen LogP contribution in [-0.4, -0.2) is 48.8 Å². The lowest BCUT2D eigenvalue weighted by molar-refractivity contribution is -0.148. The SMILES string of the molecule is [C-]#[N+]CCOc1ccc(C[C@@H]2CN(c3nccc(C)n3)C[C@@H]2C(=O)OCC)cc1. The molecule has 0 saturated carbocycles. The van der Waals surface area contributed by atoms with Crippen molar-refractivity contribution in [2.45, 2.75) is 20.3 Å². The van der Waals surface area contributed by atoms with Crippen molar-refractivity contribution in [1.29, 1.82) is 0 Å². The van der Waals surface area contributed by atoms with Crippen molar-refractivity contribution in [3.63, 3.8) is 0 Å². The van der Waals surface area contributed by atoms with Crippen LogP contribution in [0.2, 0.25) is 0 Å². The number of benzene rings is 1. The zero-order chi connectivity index (χ0) is 20.6. The van der Waals surface area contributed by atoms with Crippen molar-refractivity contribution < 1.29 is 14.3 Å². The Morgan fingerprint density at radius 1 is 1.28 bits per heavy atom. The number of aryl methyl sites for hydroxylation is 1. The van der Waals surface area contributed by atoms with Crippen molar-refractivity contribution in [2.75, 3.05) is 37.7 Å². The van der Waals surface area contributed by atoms with Gasteiger partial charge in [0.05, 0.1) is 12.5 Å². The molecule has 0 spiro atoms. The van der Waals surface area contributed by atoms with Gasteiger partial charge in [0, 0.05) is 25.0 Å². The Hall–Kier alpha value is -3.14. The first-order valence-corrected chi connectivity index (χ1v) is 9.87. The van der Waals surface area contributed by atoms with Crippen LogP contribution < -0.4 is 9.64 Å². The number of carbonyl (C=O) groups is 1. The van der Waals surface area contributed by atoms with Crippen molar-refractivity contribution in [3.05, 3.63) is 59.2 Å². The van der Waals surface area contributed by atoms with E-state index in [0.29, 0.717) is 38.8 Å². The highest BCUT2D eigenvalue weighted by Crippen LogP contribution is 2.30. The van der Waals surface area contributed by atoms with Gasteiger partial charge in [-0.3, -0.25) is 4.79 Å². The second-order valence-electron chi connectivity index (χ2n) is 7.10. The van der Waals surface area contributed by atoms with Crippen molar-refractivity contribution in [2.24, 2.45) is 11.8 Å². The van der Waals surface area contributed by atoms with Crippen molar-refractivity contribution in [1.82, 2.24) is 9.97 Å². The molecule has 1 aromatic heterocycles. The minimum atomic E-state index is -0.214. The highest BCUT2D eigenvalue weighted by atomic mass is 16.5. The third-order valence-electron chi connectivity index (χ3n) is 4.99. The molecular formula is C22H26N4O3. The molecule has 0 amide bonds. The number of ether oxygens (including phenoxy) is 2. The lowest BCUT2D eigenvalue weighted by Crippen LogP contribution is -2.27. The lowest BCUT2D eigenvalue weighted by Gasteiger charge is -2.17. The molecular weight excluding hydrogens is 368 g/mol. The highest BCUT2D eigenvalue weighted by molar-refractivity contribution is 5.74. The monoisotopic (exact) mass is 394 g/mol. The minimum Gasteiger partial charge on any atom is -0.486 e. The summed E-state index contributed by atoms with van der Waals surface area (Å²) < 4.78 is 10.9. The molecule has 1 saturated heterocycles. The summed E-state index contributed by atoms with van der Waals surface area (Å²) in [5.74, 6) is 1.15. The quantitative estimate of drug-likeness (QED) is 0.390. The number of hydrogen-bond donors (Lipinski definition) is 0. The van der Waals surface area contributed by atoms with E-state index in [4.69, 9.17) is 16.0 Å². The van der Waals surface area contributed by atoms with Gasteiger partial charge in [-0.1, -0.05) is 12.1 Å². The molecule has 2 heterocycles. The molecule has 1 aliphatic heterocycles. The number of rotatable bonds is 8. The number of esters is 1. The zero-order valence-electron chi connectivity index (χ0n) is 16.9. The maximum atomic E-state index is 12.6. The first kappa shape index (κ1) is 20.6. The molecule has 7 nitrogen and oxygen atoms in total. The van der Waals surface area contributed by atoms with E-state index in [1.165, 1.54) is 0 Å². The molecule has 7 heteroatoms. The molecule has 0 aliphatic carbocycles. The molecule has 1 fully saturated rings. The molecule has 2 aromatic rings. The van der Waals surface area contributed by atoms with Crippen LogP contribution in [-0.2, 0) is 16.0 Å². The molecule has 2 atom stereocenters. The fraction of sp³-hybridized carbons (Fsp3) is 0.455. The first-order valence-electron chi connectivity index (χ1n) is 9.87. The van der Waals surface area contributed by atoms with Crippen LogP contribution in [0.25, 0.3) is 4.85 Å². The van der Waals surface area contributed by atoms with E-state index >= 15 is 0 Å². The van der Waals surface area contributed by atoms with Gasteiger partial charge in [0.2, 0.25) is 12.5 Å². The summed E-state index contributed by atoms with van der Waals surface area (Å²) in [5.41, 5.74) is 2.04. The van der Waals surface area contributed by atoms with Gasteiger partial charge in [0.25, 0.3) is 0 Å². The van der Waals surface area contributed by atoms with Crippen molar-refractivity contribution >= 4 is 11.9 Å². The molecule has 0 radical (unpaired) electrons. The second kappa shape index (κ2) is 9.87.